The van der Waals surface area contributed by atoms with Crippen LogP contribution in [0.15, 0.2) is 24.4 Å². The van der Waals surface area contributed by atoms with Gasteiger partial charge in [0.2, 0.25) is 0 Å². The normalized spacial score (nSPS) is 11.2. The Labute approximate surface area is 104 Å². The summed E-state index contributed by atoms with van der Waals surface area (Å²) in [5.74, 6) is -1.17. The number of halogens is 2. The van der Waals surface area contributed by atoms with E-state index < -0.39 is 11.6 Å². The molecule has 0 unspecified atom stereocenters. The van der Waals surface area contributed by atoms with Crippen molar-refractivity contribution in [3.05, 3.63) is 41.6 Å². The van der Waals surface area contributed by atoms with E-state index in [1.807, 2.05) is 13.8 Å². The molecule has 0 radical (unpaired) electrons. The molecule has 0 bridgehead atoms. The number of H-pyrrole nitrogens is 1. The molecule has 2 rings (SSSR count). The maximum atomic E-state index is 13.9. The maximum Gasteiger partial charge on any atom is 0.135 e. The predicted molar refractivity (Wildman–Crippen MR) is 65.9 cm³/mol. The SMILES string of the molecule is CC(C)NCc1cc(F)c(-c2ccn[nH]2)c(F)c1. The van der Waals surface area contributed by atoms with Crippen LogP contribution in [0.25, 0.3) is 11.3 Å². The summed E-state index contributed by atoms with van der Waals surface area (Å²) in [4.78, 5) is 0. The molecule has 0 saturated carbocycles. The standard InChI is InChI=1S/C13H15F2N3/c1-8(2)16-7-9-5-10(14)13(11(15)6-9)12-3-4-17-18-12/h3-6,8,16H,7H2,1-2H3,(H,17,18). The fourth-order valence-electron chi connectivity index (χ4n) is 1.70. The van der Waals surface area contributed by atoms with Gasteiger partial charge in [-0.15, -0.1) is 0 Å². The molecular weight excluding hydrogens is 236 g/mol. The van der Waals surface area contributed by atoms with Crippen LogP contribution in [0.2, 0.25) is 0 Å². The Hall–Kier alpha value is -1.75. The van der Waals surface area contributed by atoms with Gasteiger partial charge in [-0.05, 0) is 23.8 Å². The highest BCUT2D eigenvalue weighted by atomic mass is 19.1. The van der Waals surface area contributed by atoms with Crippen molar-refractivity contribution in [3.8, 4) is 11.3 Å². The number of nitrogens with one attached hydrogen (secondary N) is 2. The van der Waals surface area contributed by atoms with E-state index in [1.165, 1.54) is 24.4 Å². The van der Waals surface area contributed by atoms with E-state index in [2.05, 4.69) is 15.5 Å². The highest BCUT2D eigenvalue weighted by Gasteiger charge is 2.14. The van der Waals surface area contributed by atoms with Crippen LogP contribution in [0.4, 0.5) is 8.78 Å². The van der Waals surface area contributed by atoms with E-state index in [4.69, 9.17) is 0 Å². The van der Waals surface area contributed by atoms with E-state index in [9.17, 15) is 8.78 Å². The van der Waals surface area contributed by atoms with E-state index in [-0.39, 0.29) is 11.6 Å². The number of nitrogens with zero attached hydrogens (tertiary/aromatic N) is 1. The van der Waals surface area contributed by atoms with Gasteiger partial charge < -0.3 is 5.32 Å². The van der Waals surface area contributed by atoms with Crippen LogP contribution in [-0.4, -0.2) is 16.2 Å². The summed E-state index contributed by atoms with van der Waals surface area (Å²) in [5.41, 5.74) is 0.858. The third kappa shape index (κ3) is 2.73. The molecule has 1 aromatic heterocycles. The van der Waals surface area contributed by atoms with Gasteiger partial charge in [0.25, 0.3) is 0 Å². The van der Waals surface area contributed by atoms with Gasteiger partial charge in [0.1, 0.15) is 11.6 Å². The quantitative estimate of drug-likeness (QED) is 0.877. The fraction of sp³-hybridized carbons (Fsp3) is 0.308. The summed E-state index contributed by atoms with van der Waals surface area (Å²) < 4.78 is 27.8. The molecule has 2 aromatic rings. The van der Waals surface area contributed by atoms with Crippen molar-refractivity contribution in [2.24, 2.45) is 0 Å². The van der Waals surface area contributed by atoms with Crippen LogP contribution >= 0.6 is 0 Å². The van der Waals surface area contributed by atoms with Gasteiger partial charge in [0.05, 0.1) is 11.3 Å². The van der Waals surface area contributed by atoms with E-state index >= 15 is 0 Å². The zero-order valence-electron chi connectivity index (χ0n) is 10.3. The van der Waals surface area contributed by atoms with E-state index in [0.29, 0.717) is 17.8 Å². The molecule has 1 heterocycles. The zero-order chi connectivity index (χ0) is 13.1. The number of aromatic amines is 1. The lowest BCUT2D eigenvalue weighted by Crippen LogP contribution is -2.22. The van der Waals surface area contributed by atoms with Gasteiger partial charge in [-0.2, -0.15) is 5.10 Å². The molecule has 0 aliphatic heterocycles. The molecule has 0 aliphatic rings. The Balaban J connectivity index is 2.30. The molecule has 5 heteroatoms. The Morgan fingerprint density at radius 3 is 2.44 bits per heavy atom. The predicted octanol–water partition coefficient (Wildman–Crippen LogP) is 2.85. The molecule has 96 valence electrons. The van der Waals surface area contributed by atoms with Crippen molar-refractivity contribution in [2.75, 3.05) is 0 Å². The van der Waals surface area contributed by atoms with Gasteiger partial charge in [-0.1, -0.05) is 13.8 Å². The smallest absolute Gasteiger partial charge is 0.135 e. The molecule has 0 saturated heterocycles. The van der Waals surface area contributed by atoms with Gasteiger partial charge in [-0.3, -0.25) is 5.10 Å². The Morgan fingerprint density at radius 1 is 1.28 bits per heavy atom. The highest BCUT2D eigenvalue weighted by Crippen LogP contribution is 2.25. The molecule has 18 heavy (non-hydrogen) atoms. The third-order valence-electron chi connectivity index (χ3n) is 2.59. The molecule has 0 atom stereocenters. The van der Waals surface area contributed by atoms with Crippen LogP contribution in [0.1, 0.15) is 19.4 Å². The minimum absolute atomic E-state index is 0.0687. The molecule has 0 amide bonds. The molecule has 0 fully saturated rings. The van der Waals surface area contributed by atoms with E-state index in [0.717, 1.165) is 0 Å². The van der Waals surface area contributed by atoms with Crippen LogP contribution in [0.3, 0.4) is 0 Å². The van der Waals surface area contributed by atoms with Crippen molar-refractivity contribution in [1.82, 2.24) is 15.5 Å². The Morgan fingerprint density at radius 2 is 1.94 bits per heavy atom. The maximum absolute atomic E-state index is 13.9. The number of aromatic nitrogens is 2. The Bertz CT molecular complexity index is 498. The summed E-state index contributed by atoms with van der Waals surface area (Å²) >= 11 is 0. The minimum atomic E-state index is -0.584. The second-order valence-electron chi connectivity index (χ2n) is 4.44. The average Bonchev–Trinajstić information content (AvgIpc) is 2.79. The van der Waals surface area contributed by atoms with E-state index in [1.54, 1.807) is 0 Å². The van der Waals surface area contributed by atoms with Gasteiger partial charge in [0, 0.05) is 18.8 Å². The first kappa shape index (κ1) is 12.7. The van der Waals surface area contributed by atoms with Crippen molar-refractivity contribution >= 4 is 0 Å². The molecular formula is C13H15F2N3. The van der Waals surface area contributed by atoms with Crippen molar-refractivity contribution in [2.45, 2.75) is 26.4 Å². The zero-order valence-corrected chi connectivity index (χ0v) is 10.3. The lowest BCUT2D eigenvalue weighted by Gasteiger charge is -2.10. The first-order valence-corrected chi connectivity index (χ1v) is 5.79. The van der Waals surface area contributed by atoms with Crippen molar-refractivity contribution in [1.29, 1.82) is 0 Å². The topological polar surface area (TPSA) is 40.7 Å². The minimum Gasteiger partial charge on any atom is -0.310 e. The van der Waals surface area contributed by atoms with Crippen molar-refractivity contribution in [3.63, 3.8) is 0 Å². The molecule has 0 aliphatic carbocycles. The molecule has 2 N–H and O–H groups in total. The summed E-state index contributed by atoms with van der Waals surface area (Å²) in [6, 6.07) is 4.49. The number of hydrogen-bond donors (Lipinski definition) is 2. The van der Waals surface area contributed by atoms with Gasteiger partial charge in [0.15, 0.2) is 0 Å². The van der Waals surface area contributed by atoms with Crippen molar-refractivity contribution < 1.29 is 8.78 Å². The molecule has 3 nitrogen and oxygen atoms in total. The van der Waals surface area contributed by atoms with Crippen LogP contribution < -0.4 is 5.32 Å². The first-order valence-electron chi connectivity index (χ1n) is 5.79. The fourth-order valence-corrected chi connectivity index (χ4v) is 1.70. The van der Waals surface area contributed by atoms with Crippen LogP contribution in [-0.2, 0) is 6.54 Å². The van der Waals surface area contributed by atoms with Gasteiger partial charge >= 0.3 is 0 Å². The summed E-state index contributed by atoms with van der Waals surface area (Å²) in [5, 5.41) is 9.37. The largest absolute Gasteiger partial charge is 0.310 e. The average molecular weight is 251 g/mol. The molecule has 1 aromatic carbocycles. The van der Waals surface area contributed by atoms with Crippen LogP contribution in [0.5, 0.6) is 0 Å². The third-order valence-corrected chi connectivity index (χ3v) is 2.59. The number of hydrogen-bond acceptors (Lipinski definition) is 2. The monoisotopic (exact) mass is 251 g/mol. The summed E-state index contributed by atoms with van der Waals surface area (Å²) in [6.07, 6.45) is 1.46. The second-order valence-corrected chi connectivity index (χ2v) is 4.44. The second kappa shape index (κ2) is 5.27. The van der Waals surface area contributed by atoms with Gasteiger partial charge in [-0.25, -0.2) is 8.78 Å². The number of benzene rings is 1. The molecule has 0 spiro atoms. The number of rotatable bonds is 4. The summed E-state index contributed by atoms with van der Waals surface area (Å²) in [6.45, 7) is 4.39. The first-order chi connectivity index (χ1) is 8.58. The Kier molecular flexibility index (Phi) is 3.72. The highest BCUT2D eigenvalue weighted by molar-refractivity contribution is 5.60. The van der Waals surface area contributed by atoms with Crippen LogP contribution in [0, 0.1) is 11.6 Å². The summed E-state index contributed by atoms with van der Waals surface area (Å²) in [7, 11) is 0. The lowest BCUT2D eigenvalue weighted by atomic mass is 10.1. The lowest BCUT2D eigenvalue weighted by molar-refractivity contribution is 0.564.